The van der Waals surface area contributed by atoms with E-state index < -0.39 is 0 Å². The minimum absolute atomic E-state index is 0.119. The van der Waals surface area contributed by atoms with E-state index in [9.17, 15) is 4.79 Å². The zero-order chi connectivity index (χ0) is 13.7. The normalized spacial score (nSPS) is 15.8. The van der Waals surface area contributed by atoms with Gasteiger partial charge in [0.1, 0.15) is 0 Å². The molecule has 0 bridgehead atoms. The van der Waals surface area contributed by atoms with Crippen molar-refractivity contribution in [2.45, 2.75) is 32.7 Å². The molecule has 1 aliphatic rings. The average molecular weight is 261 g/mol. The summed E-state index contributed by atoms with van der Waals surface area (Å²) < 4.78 is 0. The molecule has 0 radical (unpaired) electrons. The molecule has 1 unspecified atom stereocenters. The lowest BCUT2D eigenvalue weighted by Crippen LogP contribution is -2.23. The van der Waals surface area contributed by atoms with Crippen molar-refractivity contribution in [2.24, 2.45) is 11.7 Å². The lowest BCUT2D eigenvalue weighted by atomic mass is 10.0. The number of hydrogen-bond donors (Lipinski definition) is 3. The first kappa shape index (κ1) is 14.0. The summed E-state index contributed by atoms with van der Waals surface area (Å²) in [6, 6.07) is 6.27. The van der Waals surface area contributed by atoms with Crippen LogP contribution in [0.1, 0.15) is 30.9 Å². The fraction of sp³-hybridized carbons (Fsp3) is 0.533. The number of anilines is 1. The monoisotopic (exact) mass is 261 g/mol. The molecule has 0 saturated carbocycles. The Morgan fingerprint density at radius 1 is 1.42 bits per heavy atom. The third-order valence-corrected chi connectivity index (χ3v) is 3.55. The van der Waals surface area contributed by atoms with Gasteiger partial charge in [-0.25, -0.2) is 0 Å². The van der Waals surface area contributed by atoms with Crippen LogP contribution in [0.15, 0.2) is 18.2 Å². The Hall–Kier alpha value is -1.39. The van der Waals surface area contributed by atoms with E-state index in [1.807, 2.05) is 6.07 Å². The Morgan fingerprint density at radius 3 is 3.05 bits per heavy atom. The highest BCUT2D eigenvalue weighted by Gasteiger charge is 2.14. The molecule has 4 N–H and O–H groups in total. The molecule has 1 atom stereocenters. The first-order valence-corrected chi connectivity index (χ1v) is 7.01. The zero-order valence-corrected chi connectivity index (χ0v) is 11.5. The van der Waals surface area contributed by atoms with Gasteiger partial charge in [-0.05, 0) is 49.0 Å². The SMILES string of the molecule is CC(CCN)CNCc1ccc2c(c1)CCC(=O)N2. The fourth-order valence-corrected chi connectivity index (χ4v) is 2.40. The third-order valence-electron chi connectivity index (χ3n) is 3.55. The van der Waals surface area contributed by atoms with E-state index in [2.05, 4.69) is 29.7 Å². The maximum atomic E-state index is 11.3. The molecular weight excluding hydrogens is 238 g/mol. The summed E-state index contributed by atoms with van der Waals surface area (Å²) in [7, 11) is 0. The van der Waals surface area contributed by atoms with Gasteiger partial charge in [0.15, 0.2) is 0 Å². The number of aryl methyl sites for hydroxylation is 1. The van der Waals surface area contributed by atoms with Crippen molar-refractivity contribution < 1.29 is 4.79 Å². The van der Waals surface area contributed by atoms with Crippen LogP contribution in [0.4, 0.5) is 5.69 Å². The number of carbonyl (C=O) groups excluding carboxylic acids is 1. The first-order valence-electron chi connectivity index (χ1n) is 7.01. The topological polar surface area (TPSA) is 67.1 Å². The Labute approximate surface area is 114 Å². The molecule has 2 rings (SSSR count). The van der Waals surface area contributed by atoms with Gasteiger partial charge in [0.2, 0.25) is 5.91 Å². The number of fused-ring (bicyclic) bond motifs is 1. The molecule has 0 saturated heterocycles. The van der Waals surface area contributed by atoms with Crippen LogP contribution in [-0.4, -0.2) is 19.0 Å². The smallest absolute Gasteiger partial charge is 0.224 e. The van der Waals surface area contributed by atoms with Gasteiger partial charge < -0.3 is 16.4 Å². The Bertz CT molecular complexity index is 445. The van der Waals surface area contributed by atoms with E-state index in [0.717, 1.165) is 38.2 Å². The maximum Gasteiger partial charge on any atom is 0.224 e. The molecule has 1 aromatic rings. The van der Waals surface area contributed by atoms with E-state index >= 15 is 0 Å². The summed E-state index contributed by atoms with van der Waals surface area (Å²) in [5, 5.41) is 6.36. The van der Waals surface area contributed by atoms with Crippen LogP contribution >= 0.6 is 0 Å². The van der Waals surface area contributed by atoms with Crippen LogP contribution in [0.5, 0.6) is 0 Å². The second kappa shape index (κ2) is 6.68. The number of carbonyl (C=O) groups is 1. The first-order chi connectivity index (χ1) is 9.19. The Kier molecular flexibility index (Phi) is 4.93. The third kappa shape index (κ3) is 4.04. The van der Waals surface area contributed by atoms with Gasteiger partial charge in [0, 0.05) is 18.7 Å². The molecular formula is C15H23N3O. The predicted octanol–water partition coefficient (Wildman–Crippen LogP) is 1.65. The summed E-state index contributed by atoms with van der Waals surface area (Å²) in [4.78, 5) is 11.3. The fourth-order valence-electron chi connectivity index (χ4n) is 2.40. The highest BCUT2D eigenvalue weighted by atomic mass is 16.1. The summed E-state index contributed by atoms with van der Waals surface area (Å²) in [5.74, 6) is 0.732. The molecule has 0 spiro atoms. The van der Waals surface area contributed by atoms with Crippen LogP contribution in [0.3, 0.4) is 0 Å². The molecule has 4 nitrogen and oxygen atoms in total. The Morgan fingerprint density at radius 2 is 2.26 bits per heavy atom. The number of rotatable bonds is 6. The van der Waals surface area contributed by atoms with E-state index in [1.54, 1.807) is 0 Å². The van der Waals surface area contributed by atoms with Crippen molar-refractivity contribution in [2.75, 3.05) is 18.4 Å². The molecule has 0 aliphatic carbocycles. The van der Waals surface area contributed by atoms with E-state index in [0.29, 0.717) is 12.3 Å². The largest absolute Gasteiger partial charge is 0.330 e. The van der Waals surface area contributed by atoms with E-state index in [1.165, 1.54) is 11.1 Å². The average Bonchev–Trinajstić information content (AvgIpc) is 2.39. The lowest BCUT2D eigenvalue weighted by Gasteiger charge is -2.18. The number of nitrogens with one attached hydrogen (secondary N) is 2. The second-order valence-corrected chi connectivity index (χ2v) is 5.35. The summed E-state index contributed by atoms with van der Waals surface area (Å²) in [5.41, 5.74) is 9.02. The van der Waals surface area contributed by atoms with Crippen molar-refractivity contribution in [3.8, 4) is 0 Å². The van der Waals surface area contributed by atoms with Crippen LogP contribution in [0.25, 0.3) is 0 Å². The van der Waals surface area contributed by atoms with Gasteiger partial charge in [-0.15, -0.1) is 0 Å². The minimum atomic E-state index is 0.119. The van der Waals surface area contributed by atoms with E-state index in [4.69, 9.17) is 5.73 Å². The van der Waals surface area contributed by atoms with Gasteiger partial charge in [0.25, 0.3) is 0 Å². The highest BCUT2D eigenvalue weighted by molar-refractivity contribution is 5.93. The Balaban J connectivity index is 1.86. The number of benzene rings is 1. The molecule has 19 heavy (non-hydrogen) atoms. The minimum Gasteiger partial charge on any atom is -0.330 e. The van der Waals surface area contributed by atoms with Crippen LogP contribution < -0.4 is 16.4 Å². The number of nitrogens with two attached hydrogens (primary N) is 1. The molecule has 1 amide bonds. The van der Waals surface area contributed by atoms with E-state index in [-0.39, 0.29) is 5.91 Å². The van der Waals surface area contributed by atoms with Gasteiger partial charge in [-0.1, -0.05) is 19.1 Å². The maximum absolute atomic E-state index is 11.3. The summed E-state index contributed by atoms with van der Waals surface area (Å²) >= 11 is 0. The van der Waals surface area contributed by atoms with Crippen LogP contribution in [0, 0.1) is 5.92 Å². The zero-order valence-electron chi connectivity index (χ0n) is 11.5. The number of amides is 1. The van der Waals surface area contributed by atoms with Crippen molar-refractivity contribution in [3.05, 3.63) is 29.3 Å². The molecule has 104 valence electrons. The van der Waals surface area contributed by atoms with Crippen LogP contribution in [-0.2, 0) is 17.8 Å². The van der Waals surface area contributed by atoms with Crippen molar-refractivity contribution in [1.82, 2.24) is 5.32 Å². The molecule has 1 aliphatic heterocycles. The quantitative estimate of drug-likeness (QED) is 0.729. The highest BCUT2D eigenvalue weighted by Crippen LogP contribution is 2.23. The van der Waals surface area contributed by atoms with Gasteiger partial charge in [0.05, 0.1) is 0 Å². The predicted molar refractivity (Wildman–Crippen MR) is 77.9 cm³/mol. The van der Waals surface area contributed by atoms with Gasteiger partial charge in [-0.2, -0.15) is 0 Å². The molecule has 1 heterocycles. The molecule has 0 aromatic heterocycles. The van der Waals surface area contributed by atoms with Crippen LogP contribution in [0.2, 0.25) is 0 Å². The standard InChI is InChI=1S/C15H23N3O/c1-11(6-7-16)9-17-10-12-2-4-14-13(8-12)3-5-15(19)18-14/h2,4,8,11,17H,3,5-7,9-10,16H2,1H3,(H,18,19). The van der Waals surface area contributed by atoms with Crippen molar-refractivity contribution in [3.63, 3.8) is 0 Å². The van der Waals surface area contributed by atoms with Gasteiger partial charge in [-0.3, -0.25) is 4.79 Å². The molecule has 0 fully saturated rings. The summed E-state index contributed by atoms with van der Waals surface area (Å²) in [6.07, 6.45) is 2.50. The lowest BCUT2D eigenvalue weighted by molar-refractivity contribution is -0.116. The molecule has 1 aromatic carbocycles. The number of hydrogen-bond acceptors (Lipinski definition) is 3. The van der Waals surface area contributed by atoms with Gasteiger partial charge >= 0.3 is 0 Å². The summed E-state index contributed by atoms with van der Waals surface area (Å²) in [6.45, 7) is 4.82. The van der Waals surface area contributed by atoms with Crippen molar-refractivity contribution in [1.29, 1.82) is 0 Å². The van der Waals surface area contributed by atoms with Crippen molar-refractivity contribution >= 4 is 11.6 Å². The second-order valence-electron chi connectivity index (χ2n) is 5.35. The molecule has 4 heteroatoms.